The van der Waals surface area contributed by atoms with Crippen molar-refractivity contribution in [3.8, 4) is 0 Å². The first-order chi connectivity index (χ1) is 8.29. The van der Waals surface area contributed by atoms with Gasteiger partial charge in [0, 0.05) is 5.92 Å². The zero-order chi connectivity index (χ0) is 12.1. The van der Waals surface area contributed by atoms with Gasteiger partial charge in [-0.3, -0.25) is 4.79 Å². The molecule has 0 amide bonds. The van der Waals surface area contributed by atoms with Crippen LogP contribution in [-0.4, -0.2) is 5.78 Å². The van der Waals surface area contributed by atoms with E-state index in [4.69, 9.17) is 0 Å². The highest BCUT2D eigenvalue weighted by Gasteiger charge is 2.31. The normalized spacial score (nSPS) is 32.3. The topological polar surface area (TPSA) is 17.1 Å². The lowest BCUT2D eigenvalue weighted by atomic mass is 9.85. The summed E-state index contributed by atoms with van der Waals surface area (Å²) < 4.78 is 0. The molecule has 0 radical (unpaired) electrons. The van der Waals surface area contributed by atoms with Crippen molar-refractivity contribution in [3.63, 3.8) is 0 Å². The Morgan fingerprint density at radius 1 is 0.941 bits per heavy atom. The summed E-state index contributed by atoms with van der Waals surface area (Å²) in [7, 11) is 0. The Morgan fingerprint density at radius 3 is 2.24 bits per heavy atom. The molecule has 2 rings (SSSR count). The van der Waals surface area contributed by atoms with E-state index in [0.717, 1.165) is 0 Å². The smallest absolute Gasteiger partial charge is 0.159 e. The van der Waals surface area contributed by atoms with Gasteiger partial charge < -0.3 is 0 Å². The van der Waals surface area contributed by atoms with Gasteiger partial charge in [0.05, 0.1) is 0 Å². The lowest BCUT2D eigenvalue weighted by Gasteiger charge is -2.19. The minimum Gasteiger partial charge on any atom is -0.295 e. The number of hydrogen-bond donors (Lipinski definition) is 0. The van der Waals surface area contributed by atoms with Crippen molar-refractivity contribution in [2.45, 2.75) is 71.1 Å². The Balaban J connectivity index is 1.95. The molecule has 0 bridgehead atoms. The maximum atomic E-state index is 11.8. The number of carbonyl (C=O) groups is 1. The summed E-state index contributed by atoms with van der Waals surface area (Å²) in [6.45, 7) is 2.13. The Morgan fingerprint density at radius 2 is 1.53 bits per heavy atom. The van der Waals surface area contributed by atoms with Gasteiger partial charge >= 0.3 is 0 Å². The monoisotopic (exact) mass is 234 g/mol. The van der Waals surface area contributed by atoms with Crippen molar-refractivity contribution in [1.29, 1.82) is 0 Å². The van der Waals surface area contributed by atoms with Gasteiger partial charge in [-0.15, -0.1) is 0 Å². The van der Waals surface area contributed by atoms with Crippen LogP contribution in [0.3, 0.4) is 0 Å². The molecule has 0 heterocycles. The third-order valence-electron chi connectivity index (χ3n) is 4.59. The molecule has 0 aromatic heterocycles. The summed E-state index contributed by atoms with van der Waals surface area (Å²) >= 11 is 0. The van der Waals surface area contributed by atoms with Crippen LogP contribution in [0, 0.1) is 11.8 Å². The maximum Gasteiger partial charge on any atom is 0.159 e. The van der Waals surface area contributed by atoms with Gasteiger partial charge in [-0.05, 0) is 31.3 Å². The van der Waals surface area contributed by atoms with Crippen molar-refractivity contribution in [1.82, 2.24) is 0 Å². The second-order valence-corrected chi connectivity index (χ2v) is 5.88. The summed E-state index contributed by atoms with van der Waals surface area (Å²) in [5, 5.41) is 0. The number of rotatable bonds is 0. The standard InChI is InChI=1S/C16H26O/c1-13-15-11-9-7-5-3-2-4-6-8-10-14(15)12-16(13)17/h12-13,15H,2-11H2,1H3. The number of carbonyl (C=O) groups excluding carboxylic acids is 1. The van der Waals surface area contributed by atoms with Crippen molar-refractivity contribution in [3.05, 3.63) is 11.6 Å². The molecule has 1 heteroatoms. The number of ketones is 1. The second-order valence-electron chi connectivity index (χ2n) is 5.88. The van der Waals surface area contributed by atoms with E-state index in [1.165, 1.54) is 69.8 Å². The van der Waals surface area contributed by atoms with Gasteiger partial charge in [0.15, 0.2) is 5.78 Å². The van der Waals surface area contributed by atoms with Gasteiger partial charge in [-0.2, -0.15) is 0 Å². The fraction of sp³-hybridized carbons (Fsp3) is 0.812. The highest BCUT2D eigenvalue weighted by molar-refractivity contribution is 5.95. The molecule has 1 nitrogen and oxygen atoms in total. The van der Waals surface area contributed by atoms with Crippen LogP contribution in [0.15, 0.2) is 11.6 Å². The average molecular weight is 234 g/mol. The van der Waals surface area contributed by atoms with Gasteiger partial charge in [0.25, 0.3) is 0 Å². The lowest BCUT2D eigenvalue weighted by molar-refractivity contribution is -0.117. The fourth-order valence-electron chi connectivity index (χ4n) is 3.39. The molecule has 2 atom stereocenters. The van der Waals surface area contributed by atoms with Crippen molar-refractivity contribution >= 4 is 5.78 Å². The number of hydrogen-bond acceptors (Lipinski definition) is 1. The average Bonchev–Trinajstić information content (AvgIpc) is 2.56. The van der Waals surface area contributed by atoms with Crippen molar-refractivity contribution in [2.24, 2.45) is 11.8 Å². The SMILES string of the molecule is CC1C(=O)C=C2CCCCCCCCCCC21. The zero-order valence-electron chi connectivity index (χ0n) is 11.2. The van der Waals surface area contributed by atoms with Crippen molar-refractivity contribution in [2.75, 3.05) is 0 Å². The van der Waals surface area contributed by atoms with Crippen molar-refractivity contribution < 1.29 is 4.79 Å². The molecule has 0 N–H and O–H groups in total. The second kappa shape index (κ2) is 6.37. The molecule has 0 aromatic carbocycles. The first-order valence-electron chi connectivity index (χ1n) is 7.53. The quantitative estimate of drug-likeness (QED) is 0.595. The van der Waals surface area contributed by atoms with Crippen LogP contribution in [0.5, 0.6) is 0 Å². The Bertz CT molecular complexity index is 290. The van der Waals surface area contributed by atoms with Crippen LogP contribution >= 0.6 is 0 Å². The molecule has 2 unspecified atom stereocenters. The van der Waals surface area contributed by atoms with Gasteiger partial charge in [0.2, 0.25) is 0 Å². The van der Waals surface area contributed by atoms with Crippen LogP contribution < -0.4 is 0 Å². The molecule has 2 aliphatic rings. The molecule has 1 saturated carbocycles. The Hall–Kier alpha value is -0.590. The first kappa shape index (κ1) is 12.9. The van der Waals surface area contributed by atoms with E-state index in [2.05, 4.69) is 6.92 Å². The predicted molar refractivity (Wildman–Crippen MR) is 71.9 cm³/mol. The summed E-state index contributed by atoms with van der Waals surface area (Å²) in [5.74, 6) is 1.25. The Kier molecular flexibility index (Phi) is 4.82. The van der Waals surface area contributed by atoms with Crippen LogP contribution in [0.4, 0.5) is 0 Å². The molecule has 0 saturated heterocycles. The number of fused-ring (bicyclic) bond motifs is 1. The predicted octanol–water partition coefficient (Wildman–Crippen LogP) is 4.66. The van der Waals surface area contributed by atoms with Gasteiger partial charge in [-0.25, -0.2) is 0 Å². The fourth-order valence-corrected chi connectivity index (χ4v) is 3.39. The van der Waals surface area contributed by atoms with E-state index in [1.54, 1.807) is 0 Å². The van der Waals surface area contributed by atoms with E-state index in [9.17, 15) is 4.79 Å². The minimum absolute atomic E-state index is 0.271. The molecule has 96 valence electrons. The summed E-state index contributed by atoms with van der Waals surface area (Å²) in [6, 6.07) is 0. The summed E-state index contributed by atoms with van der Waals surface area (Å²) in [5.41, 5.74) is 1.48. The molecule has 0 spiro atoms. The molecule has 0 aromatic rings. The van der Waals surface area contributed by atoms with Gasteiger partial charge in [0.1, 0.15) is 0 Å². The largest absolute Gasteiger partial charge is 0.295 e. The van der Waals surface area contributed by atoms with Crippen LogP contribution in [-0.2, 0) is 4.79 Å². The van der Waals surface area contributed by atoms with Crippen LogP contribution in [0.2, 0.25) is 0 Å². The third kappa shape index (κ3) is 3.43. The highest BCUT2D eigenvalue weighted by Crippen LogP contribution is 2.36. The van der Waals surface area contributed by atoms with E-state index < -0.39 is 0 Å². The highest BCUT2D eigenvalue weighted by atomic mass is 16.1. The van der Waals surface area contributed by atoms with E-state index in [0.29, 0.717) is 11.7 Å². The zero-order valence-corrected chi connectivity index (χ0v) is 11.2. The number of allylic oxidation sites excluding steroid dienone is 2. The third-order valence-corrected chi connectivity index (χ3v) is 4.59. The molecule has 2 aliphatic carbocycles. The van der Waals surface area contributed by atoms with E-state index >= 15 is 0 Å². The summed E-state index contributed by atoms with van der Waals surface area (Å²) in [4.78, 5) is 11.8. The molecule has 0 aliphatic heterocycles. The molecule has 17 heavy (non-hydrogen) atoms. The Labute approximate surface area is 106 Å². The molecular weight excluding hydrogens is 208 g/mol. The minimum atomic E-state index is 0.271. The van der Waals surface area contributed by atoms with Crippen LogP contribution in [0.1, 0.15) is 71.1 Å². The molecular formula is C16H26O. The maximum absolute atomic E-state index is 11.8. The van der Waals surface area contributed by atoms with E-state index in [1.807, 2.05) is 6.08 Å². The first-order valence-corrected chi connectivity index (χ1v) is 7.53. The molecule has 1 fully saturated rings. The van der Waals surface area contributed by atoms with Crippen LogP contribution in [0.25, 0.3) is 0 Å². The summed E-state index contributed by atoms with van der Waals surface area (Å²) in [6.07, 6.45) is 15.4. The van der Waals surface area contributed by atoms with E-state index in [-0.39, 0.29) is 5.92 Å². The lowest BCUT2D eigenvalue weighted by Crippen LogP contribution is -2.14. The van der Waals surface area contributed by atoms with Gasteiger partial charge in [-0.1, -0.05) is 57.4 Å².